The summed E-state index contributed by atoms with van der Waals surface area (Å²) in [7, 11) is 0. The zero-order valence-corrected chi connectivity index (χ0v) is 15.6. The van der Waals surface area contributed by atoms with Gasteiger partial charge in [-0.25, -0.2) is 0 Å². The molecule has 0 heterocycles. The number of rotatable bonds is 0. The largest absolute Gasteiger partial charge is 4.00 e. The van der Waals surface area contributed by atoms with E-state index in [1.807, 2.05) is 12.1 Å². The van der Waals surface area contributed by atoms with Gasteiger partial charge >= 0.3 is 21.7 Å². The van der Waals surface area contributed by atoms with Crippen LogP contribution in [0.3, 0.4) is 0 Å². The van der Waals surface area contributed by atoms with Gasteiger partial charge in [0, 0.05) is 0 Å². The van der Waals surface area contributed by atoms with Crippen LogP contribution in [-0.4, -0.2) is 12.2 Å². The van der Waals surface area contributed by atoms with Gasteiger partial charge in [0.2, 0.25) is 0 Å². The number of hydrogen-bond donors (Lipinski definition) is 0. The van der Waals surface area contributed by atoms with Crippen LogP contribution in [0, 0.1) is 0 Å². The van der Waals surface area contributed by atoms with Crippen LogP contribution in [0.25, 0.3) is 0 Å². The molecule has 0 N–H and O–H groups in total. The fourth-order valence-electron chi connectivity index (χ4n) is 0.841. The maximum atomic E-state index is 10.3. The Morgan fingerprint density at radius 1 is 0.565 bits per heavy atom. The van der Waals surface area contributed by atoms with Crippen molar-refractivity contribution in [2.75, 3.05) is 0 Å². The molecule has 0 unspecified atom stereocenters. The first-order chi connectivity index (χ1) is 10.3. The minimum absolute atomic E-state index is 0. The van der Waals surface area contributed by atoms with E-state index in [-0.39, 0.29) is 33.2 Å². The van der Waals surface area contributed by atoms with Gasteiger partial charge in [0.1, 0.15) is 0 Å². The summed E-state index contributed by atoms with van der Waals surface area (Å²) in [5.74, 6) is 0.144. The van der Waals surface area contributed by atoms with Crippen molar-refractivity contribution in [1.82, 2.24) is 0 Å². The van der Waals surface area contributed by atoms with Crippen molar-refractivity contribution in [3.05, 3.63) is 60.7 Å². The van der Waals surface area contributed by atoms with Crippen LogP contribution >= 0.6 is 0 Å². The molecule has 0 fully saturated rings. The van der Waals surface area contributed by atoms with Crippen LogP contribution < -0.4 is 20.4 Å². The van der Waals surface area contributed by atoms with E-state index in [1.165, 1.54) is 24.3 Å². The van der Waals surface area contributed by atoms with E-state index in [4.69, 9.17) is 0 Å². The molecule has 0 bridgehead atoms. The molecule has 5 heteroatoms. The van der Waals surface area contributed by atoms with Gasteiger partial charge < -0.3 is 20.4 Å². The van der Waals surface area contributed by atoms with Crippen LogP contribution in [0.1, 0.15) is 27.7 Å². The molecule has 0 aromatic heterocycles. The number of hydrogen-bond acceptors (Lipinski definition) is 4. The normalized spacial score (nSPS) is 8.35. The zero-order valence-electron chi connectivity index (χ0n) is 14.1. The summed E-state index contributed by atoms with van der Waals surface area (Å²) in [6, 6.07) is 16.7. The monoisotopic (exact) mass is 352 g/mol. The molecule has 2 rings (SSSR count). The topological polar surface area (TPSA) is 92.2 Å². The van der Waals surface area contributed by atoms with Crippen molar-refractivity contribution in [3.8, 4) is 11.5 Å². The van der Waals surface area contributed by atoms with Crippen molar-refractivity contribution in [3.63, 3.8) is 0 Å². The third-order valence-electron chi connectivity index (χ3n) is 1.49. The first-order valence-corrected chi connectivity index (χ1v) is 7.01. The molecule has 0 aliphatic rings. The van der Waals surface area contributed by atoms with Gasteiger partial charge in [0.05, 0.1) is 0 Å². The predicted octanol–water partition coefficient (Wildman–Crippen LogP) is 1.03. The molecule has 0 aliphatic carbocycles. The third-order valence-corrected chi connectivity index (χ3v) is 1.49. The fraction of sp³-hybridized carbons (Fsp3) is 0.333. The summed E-state index contributed by atoms with van der Waals surface area (Å²) in [6.07, 6.45) is -0.833. The fourth-order valence-corrected chi connectivity index (χ4v) is 0.841. The second-order valence-corrected chi connectivity index (χ2v) is 4.72. The Labute approximate surface area is 154 Å². The summed E-state index contributed by atoms with van der Waals surface area (Å²) in [4.78, 5) is 0. The van der Waals surface area contributed by atoms with Crippen LogP contribution in [0.5, 0.6) is 11.5 Å². The summed E-state index contributed by atoms with van der Waals surface area (Å²) < 4.78 is 0. The van der Waals surface area contributed by atoms with Crippen LogP contribution in [0.2, 0.25) is 0 Å². The van der Waals surface area contributed by atoms with E-state index in [1.54, 1.807) is 52.0 Å². The molecular weight excluding hydrogens is 328 g/mol. The Hall–Kier alpha value is -1.33. The van der Waals surface area contributed by atoms with E-state index >= 15 is 0 Å². The van der Waals surface area contributed by atoms with E-state index in [0.717, 1.165) is 0 Å². The van der Waals surface area contributed by atoms with Gasteiger partial charge in [-0.15, -0.1) is 23.7 Å². The molecule has 0 aliphatic heterocycles. The van der Waals surface area contributed by atoms with E-state index in [2.05, 4.69) is 0 Å². The first-order valence-electron chi connectivity index (χ1n) is 7.01. The Kier molecular flexibility index (Phi) is 21.6. The van der Waals surface area contributed by atoms with Crippen LogP contribution in [0.4, 0.5) is 0 Å². The molecule has 4 nitrogen and oxygen atoms in total. The summed E-state index contributed by atoms with van der Waals surface area (Å²) in [5.41, 5.74) is 0. The molecule has 0 amide bonds. The van der Waals surface area contributed by atoms with Gasteiger partial charge in [-0.1, -0.05) is 88.4 Å². The van der Waals surface area contributed by atoms with Gasteiger partial charge in [-0.2, -0.15) is 0 Å². The van der Waals surface area contributed by atoms with Crippen molar-refractivity contribution < 1.29 is 42.1 Å². The molecule has 0 saturated carbocycles. The SMILES string of the molecule is CC(C)[O-].CC(C)[O-].[O-]c1ccccc1.[O-]c1ccccc1.[Ti+4]. The quantitative estimate of drug-likeness (QED) is 0.662. The van der Waals surface area contributed by atoms with Crippen molar-refractivity contribution >= 4 is 0 Å². The Balaban J connectivity index is -0.000000238. The Bertz CT molecular complexity index is 384. The maximum absolute atomic E-state index is 10.3. The summed E-state index contributed by atoms with van der Waals surface area (Å²) in [6.45, 7) is 6.44. The van der Waals surface area contributed by atoms with Gasteiger partial charge in [0.25, 0.3) is 0 Å². The summed E-state index contributed by atoms with van der Waals surface area (Å²) >= 11 is 0. The van der Waals surface area contributed by atoms with Gasteiger partial charge in [0.15, 0.2) is 0 Å². The number of para-hydroxylation sites is 2. The van der Waals surface area contributed by atoms with Crippen LogP contribution in [0.15, 0.2) is 60.7 Å². The molecular formula is C18H24O4Ti. The van der Waals surface area contributed by atoms with Crippen molar-refractivity contribution in [2.24, 2.45) is 0 Å². The minimum atomic E-state index is -0.417. The van der Waals surface area contributed by atoms with Crippen molar-refractivity contribution in [1.29, 1.82) is 0 Å². The Morgan fingerprint density at radius 3 is 0.826 bits per heavy atom. The zero-order chi connectivity index (χ0) is 17.4. The van der Waals surface area contributed by atoms with E-state index in [9.17, 15) is 20.4 Å². The molecule has 2 aromatic rings. The van der Waals surface area contributed by atoms with Crippen LogP contribution in [-0.2, 0) is 21.7 Å². The summed E-state index contributed by atoms with van der Waals surface area (Å²) in [5, 5.41) is 39.6. The first kappa shape index (κ1) is 26.6. The second-order valence-electron chi connectivity index (χ2n) is 4.72. The molecule has 124 valence electrons. The third kappa shape index (κ3) is 33.5. The van der Waals surface area contributed by atoms with Gasteiger partial charge in [-0.05, 0) is 0 Å². The second kappa shape index (κ2) is 18.7. The minimum Gasteiger partial charge on any atom is -0.872 e. The van der Waals surface area contributed by atoms with E-state index in [0.29, 0.717) is 0 Å². The predicted molar refractivity (Wildman–Crippen MR) is 82.0 cm³/mol. The molecule has 23 heavy (non-hydrogen) atoms. The van der Waals surface area contributed by atoms with Crippen molar-refractivity contribution in [2.45, 2.75) is 39.9 Å². The maximum Gasteiger partial charge on any atom is 4.00 e. The smallest absolute Gasteiger partial charge is 0.872 e. The standard InChI is InChI=1S/2C6H6O.2C3H7O.Ti/c2*7-6-4-2-1-3-5-6;2*1-3(2)4;/h2*1-5,7H;2*3H,1-2H3;/q;;2*-1;+4/p-2. The van der Waals surface area contributed by atoms with Gasteiger partial charge in [-0.3, -0.25) is 0 Å². The van der Waals surface area contributed by atoms with E-state index < -0.39 is 12.2 Å². The molecule has 0 spiro atoms. The molecule has 0 radical (unpaired) electrons. The molecule has 0 saturated heterocycles. The molecule has 2 aromatic carbocycles. The Morgan fingerprint density at radius 2 is 0.739 bits per heavy atom. The average molecular weight is 352 g/mol. The molecule has 0 atom stereocenters. The number of benzene rings is 2. The average Bonchev–Trinajstić information content (AvgIpc) is 2.40.